The minimum absolute atomic E-state index is 0.190. The van der Waals surface area contributed by atoms with Gasteiger partial charge in [0.2, 0.25) is 11.5 Å². The fourth-order valence-electron chi connectivity index (χ4n) is 3.56. The van der Waals surface area contributed by atoms with E-state index in [-0.39, 0.29) is 11.5 Å². The molecule has 1 aliphatic rings. The average Bonchev–Trinajstić information content (AvgIpc) is 3.12. The predicted molar refractivity (Wildman–Crippen MR) is 133 cm³/mol. The van der Waals surface area contributed by atoms with Gasteiger partial charge in [-0.25, -0.2) is 0 Å². The van der Waals surface area contributed by atoms with Crippen molar-refractivity contribution < 1.29 is 28.5 Å². The summed E-state index contributed by atoms with van der Waals surface area (Å²) in [4.78, 5) is 12.9. The van der Waals surface area contributed by atoms with E-state index >= 15 is 0 Å². The van der Waals surface area contributed by atoms with Gasteiger partial charge in [0.15, 0.2) is 17.3 Å². The molecule has 6 nitrogen and oxygen atoms in total. The summed E-state index contributed by atoms with van der Waals surface area (Å²) in [5.41, 5.74) is 3.80. The Kier molecular flexibility index (Phi) is 8.41. The molecule has 6 heteroatoms. The Labute approximate surface area is 201 Å². The minimum Gasteiger partial charge on any atom is -0.493 e. The highest BCUT2D eigenvalue weighted by molar-refractivity contribution is 6.14. The molecule has 0 unspecified atom stereocenters. The molecule has 0 saturated carbocycles. The van der Waals surface area contributed by atoms with Crippen molar-refractivity contribution in [3.63, 3.8) is 0 Å². The molecule has 2 aromatic carbocycles. The first-order valence-electron chi connectivity index (χ1n) is 11.2. The van der Waals surface area contributed by atoms with Gasteiger partial charge in [-0.1, -0.05) is 17.2 Å². The van der Waals surface area contributed by atoms with Crippen LogP contribution in [0.1, 0.15) is 49.5 Å². The molecule has 3 rings (SSSR count). The molecule has 0 bridgehead atoms. The Morgan fingerprint density at radius 2 is 1.65 bits per heavy atom. The quantitative estimate of drug-likeness (QED) is 0.299. The number of Topliss-reactive ketones (excluding diaryl/α,β-unsaturated/α-hetero) is 1. The molecule has 1 heterocycles. The van der Waals surface area contributed by atoms with Crippen molar-refractivity contribution in [2.75, 3.05) is 27.9 Å². The molecule has 2 aromatic rings. The number of rotatable bonds is 10. The van der Waals surface area contributed by atoms with Gasteiger partial charge in [0.05, 0.1) is 26.9 Å². The molecule has 0 aliphatic carbocycles. The number of benzene rings is 2. The summed E-state index contributed by atoms with van der Waals surface area (Å²) < 4.78 is 27.9. The number of hydrogen-bond acceptors (Lipinski definition) is 6. The number of fused-ring (bicyclic) bond motifs is 1. The standard InChI is InChI=1S/C28H32O6/c1-18(2)8-7-9-19(3)12-13-33-21-10-11-22-23(17-21)34-24(27(22)29)14-20-15-25(30-4)28(32-6)26(16-20)31-5/h8,10-12,14-17H,7,9,13H2,1-6H3. The van der Waals surface area contributed by atoms with Crippen molar-refractivity contribution in [1.82, 2.24) is 0 Å². The number of carbonyl (C=O) groups is 1. The first-order chi connectivity index (χ1) is 16.4. The zero-order valence-corrected chi connectivity index (χ0v) is 20.7. The average molecular weight is 465 g/mol. The lowest BCUT2D eigenvalue weighted by Gasteiger charge is -2.13. The van der Waals surface area contributed by atoms with Crippen LogP contribution in [0.25, 0.3) is 6.08 Å². The third kappa shape index (κ3) is 6.01. The SMILES string of the molecule is COc1cc(C=C2Oc3cc(OCC=C(C)CCC=C(C)C)ccc3C2=O)cc(OC)c1OC. The van der Waals surface area contributed by atoms with Gasteiger partial charge in [-0.3, -0.25) is 4.79 Å². The molecule has 0 spiro atoms. The van der Waals surface area contributed by atoms with Crippen LogP contribution in [0.5, 0.6) is 28.7 Å². The van der Waals surface area contributed by atoms with Gasteiger partial charge in [0.1, 0.15) is 18.1 Å². The fourth-order valence-corrected chi connectivity index (χ4v) is 3.56. The highest BCUT2D eigenvalue weighted by Crippen LogP contribution is 2.40. The lowest BCUT2D eigenvalue weighted by Crippen LogP contribution is -1.99. The van der Waals surface area contributed by atoms with E-state index in [0.29, 0.717) is 46.5 Å². The molecule has 0 aromatic heterocycles. The van der Waals surface area contributed by atoms with E-state index in [1.807, 2.05) is 0 Å². The summed E-state index contributed by atoms with van der Waals surface area (Å²) in [7, 11) is 4.63. The Morgan fingerprint density at radius 1 is 0.941 bits per heavy atom. The minimum atomic E-state index is -0.190. The molecule has 0 atom stereocenters. The molecule has 0 N–H and O–H groups in total. The largest absolute Gasteiger partial charge is 0.493 e. The maximum atomic E-state index is 12.9. The van der Waals surface area contributed by atoms with Crippen molar-refractivity contribution in [1.29, 1.82) is 0 Å². The van der Waals surface area contributed by atoms with Crippen LogP contribution in [-0.4, -0.2) is 33.7 Å². The number of hydrogen-bond donors (Lipinski definition) is 0. The molecule has 0 amide bonds. The second-order valence-electron chi connectivity index (χ2n) is 8.24. The number of carbonyl (C=O) groups excluding carboxylic acids is 1. The number of ether oxygens (including phenoxy) is 5. The second-order valence-corrected chi connectivity index (χ2v) is 8.24. The van der Waals surface area contributed by atoms with Crippen molar-refractivity contribution in [2.45, 2.75) is 33.6 Å². The molecule has 180 valence electrons. The predicted octanol–water partition coefficient (Wildman–Crippen LogP) is 6.40. The Balaban J connectivity index is 1.72. The molecular weight excluding hydrogens is 432 g/mol. The van der Waals surface area contributed by atoms with Crippen molar-refractivity contribution in [3.05, 3.63) is 70.5 Å². The van der Waals surface area contributed by atoms with Crippen LogP contribution in [0.15, 0.2) is 59.4 Å². The second kappa shape index (κ2) is 11.5. The van der Waals surface area contributed by atoms with E-state index in [9.17, 15) is 4.79 Å². The van der Waals surface area contributed by atoms with E-state index in [0.717, 1.165) is 12.8 Å². The normalized spacial score (nSPS) is 13.9. The maximum absolute atomic E-state index is 12.9. The van der Waals surface area contributed by atoms with Crippen LogP contribution in [0, 0.1) is 0 Å². The lowest BCUT2D eigenvalue weighted by molar-refractivity contribution is 0.101. The number of ketones is 1. The van der Waals surface area contributed by atoms with E-state index in [1.165, 1.54) is 11.1 Å². The first-order valence-corrected chi connectivity index (χ1v) is 11.2. The van der Waals surface area contributed by atoms with Crippen LogP contribution in [-0.2, 0) is 0 Å². The van der Waals surface area contributed by atoms with E-state index in [2.05, 4.69) is 32.9 Å². The van der Waals surface area contributed by atoms with Crippen LogP contribution in [0.4, 0.5) is 0 Å². The highest BCUT2D eigenvalue weighted by Gasteiger charge is 2.28. The summed E-state index contributed by atoms with van der Waals surface area (Å²) in [6, 6.07) is 8.78. The Morgan fingerprint density at radius 3 is 2.26 bits per heavy atom. The number of methoxy groups -OCH3 is 3. The van der Waals surface area contributed by atoms with Gasteiger partial charge in [-0.15, -0.1) is 0 Å². The summed E-state index contributed by atoms with van der Waals surface area (Å²) in [5, 5.41) is 0. The molecular formula is C28H32O6. The molecule has 1 aliphatic heterocycles. The van der Waals surface area contributed by atoms with Gasteiger partial charge in [-0.05, 0) is 75.6 Å². The number of allylic oxidation sites excluding steroid dienone is 4. The van der Waals surface area contributed by atoms with Gasteiger partial charge in [0, 0.05) is 6.07 Å². The summed E-state index contributed by atoms with van der Waals surface area (Å²) in [6.45, 7) is 6.77. The van der Waals surface area contributed by atoms with Gasteiger partial charge < -0.3 is 23.7 Å². The fraction of sp³-hybridized carbons (Fsp3) is 0.321. The molecule has 0 radical (unpaired) electrons. The molecule has 0 saturated heterocycles. The van der Waals surface area contributed by atoms with Crippen molar-refractivity contribution >= 4 is 11.9 Å². The van der Waals surface area contributed by atoms with Gasteiger partial charge in [-0.2, -0.15) is 0 Å². The smallest absolute Gasteiger partial charge is 0.231 e. The first kappa shape index (κ1) is 25.0. The van der Waals surface area contributed by atoms with Gasteiger partial charge >= 0.3 is 0 Å². The van der Waals surface area contributed by atoms with Crippen molar-refractivity contribution in [2.24, 2.45) is 0 Å². The van der Waals surface area contributed by atoms with E-state index in [1.54, 1.807) is 57.7 Å². The third-order valence-corrected chi connectivity index (χ3v) is 5.40. The molecule has 0 fully saturated rings. The topological polar surface area (TPSA) is 63.2 Å². The van der Waals surface area contributed by atoms with Crippen LogP contribution >= 0.6 is 0 Å². The summed E-state index contributed by atoms with van der Waals surface area (Å²) in [5.74, 6) is 2.63. The van der Waals surface area contributed by atoms with Crippen LogP contribution in [0.3, 0.4) is 0 Å². The van der Waals surface area contributed by atoms with E-state index in [4.69, 9.17) is 23.7 Å². The summed E-state index contributed by atoms with van der Waals surface area (Å²) >= 11 is 0. The van der Waals surface area contributed by atoms with Crippen LogP contribution in [0.2, 0.25) is 0 Å². The Bertz CT molecular complexity index is 1110. The zero-order valence-electron chi connectivity index (χ0n) is 20.7. The Hall–Kier alpha value is -3.67. The third-order valence-electron chi connectivity index (χ3n) is 5.40. The van der Waals surface area contributed by atoms with Crippen molar-refractivity contribution in [3.8, 4) is 28.7 Å². The monoisotopic (exact) mass is 464 g/mol. The van der Waals surface area contributed by atoms with Gasteiger partial charge in [0.25, 0.3) is 0 Å². The van der Waals surface area contributed by atoms with Crippen LogP contribution < -0.4 is 23.7 Å². The van der Waals surface area contributed by atoms with E-state index < -0.39 is 0 Å². The summed E-state index contributed by atoms with van der Waals surface area (Å²) in [6.07, 6.45) is 8.00. The zero-order chi connectivity index (χ0) is 24.7. The maximum Gasteiger partial charge on any atom is 0.231 e. The lowest BCUT2D eigenvalue weighted by atomic mass is 10.1. The molecule has 34 heavy (non-hydrogen) atoms. The highest BCUT2D eigenvalue weighted by atomic mass is 16.5.